The predicted octanol–water partition coefficient (Wildman–Crippen LogP) is 3.78. The normalized spacial score (nSPS) is 20.4. The predicted molar refractivity (Wildman–Crippen MR) is 185 cm³/mol. The maximum atomic E-state index is 14.1. The van der Waals surface area contributed by atoms with Gasteiger partial charge in [0.2, 0.25) is 11.8 Å². The van der Waals surface area contributed by atoms with E-state index in [2.05, 4.69) is 20.9 Å². The first-order chi connectivity index (χ1) is 23.2. The monoisotopic (exact) mass is 678 g/mol. The Morgan fingerprint density at radius 3 is 2.46 bits per heavy atom. The topological polar surface area (TPSA) is 143 Å². The Labute approximate surface area is 287 Å². The number of hydrogen-bond donors (Lipinski definition) is 4. The second-order valence-electron chi connectivity index (χ2n) is 13.4. The van der Waals surface area contributed by atoms with Gasteiger partial charge in [-0.05, 0) is 67.3 Å². The van der Waals surface area contributed by atoms with E-state index in [1.54, 1.807) is 11.0 Å². The van der Waals surface area contributed by atoms with Crippen molar-refractivity contribution in [1.82, 2.24) is 30.2 Å². The number of urea groups is 2. The van der Waals surface area contributed by atoms with Crippen LogP contribution in [0.5, 0.6) is 0 Å². The lowest BCUT2D eigenvalue weighted by atomic mass is 9.98. The van der Waals surface area contributed by atoms with Crippen LogP contribution in [0.15, 0.2) is 36.4 Å². The number of fused-ring (bicyclic) bond motifs is 1. The number of para-hydroxylation sites is 1. The van der Waals surface area contributed by atoms with Crippen molar-refractivity contribution in [2.24, 2.45) is 0 Å². The highest BCUT2D eigenvalue weighted by molar-refractivity contribution is 6.33. The summed E-state index contributed by atoms with van der Waals surface area (Å²) in [6, 6.07) is 10.7. The summed E-state index contributed by atoms with van der Waals surface area (Å²) < 4.78 is 0. The number of nitrogens with one attached hydrogen (secondary N) is 3. The molecule has 13 heteroatoms. The molecule has 4 aliphatic heterocycles. The van der Waals surface area contributed by atoms with Crippen LogP contribution in [0.3, 0.4) is 0 Å². The summed E-state index contributed by atoms with van der Waals surface area (Å²) >= 11 is 6.48. The maximum absolute atomic E-state index is 14.1. The Morgan fingerprint density at radius 2 is 1.71 bits per heavy atom. The van der Waals surface area contributed by atoms with Crippen LogP contribution in [-0.2, 0) is 29.0 Å². The van der Waals surface area contributed by atoms with E-state index in [0.29, 0.717) is 88.2 Å². The van der Waals surface area contributed by atoms with Crippen LogP contribution in [0.2, 0.25) is 5.02 Å². The molecule has 0 saturated carbocycles. The minimum absolute atomic E-state index is 0.0167. The molecule has 0 aromatic heterocycles. The third kappa shape index (κ3) is 7.65. The first-order valence-corrected chi connectivity index (χ1v) is 17.6. The standard InChI is InChI=1S/C35H47ClN8O4/c1-2-24-18-23(19-28(36)32(24)37)20-30(33(46)41-14-9-26(10-15-41)43-13-5-8-31(45)38-22-43)40-34(47)42-16-11-27(12-17-42)44-21-25-6-3-4-7-29(25)39-35(44)48/h3-4,6-7,18-19,26-27,30H,2,5,8-17,20-22,37H2,1H3,(H,38,45)(H,39,48)(H,40,47)/t30-/m1/s1. The highest BCUT2D eigenvalue weighted by Gasteiger charge is 2.36. The molecule has 2 aromatic carbocycles. The number of piperidine rings is 2. The van der Waals surface area contributed by atoms with Gasteiger partial charge < -0.3 is 36.4 Å². The van der Waals surface area contributed by atoms with Gasteiger partial charge in [-0.2, -0.15) is 0 Å². The van der Waals surface area contributed by atoms with Crippen molar-refractivity contribution < 1.29 is 19.2 Å². The van der Waals surface area contributed by atoms with Gasteiger partial charge in [-0.3, -0.25) is 14.5 Å². The smallest absolute Gasteiger partial charge is 0.322 e. The van der Waals surface area contributed by atoms with Gasteiger partial charge >= 0.3 is 12.1 Å². The summed E-state index contributed by atoms with van der Waals surface area (Å²) in [5.41, 5.74) is 10.4. The molecule has 0 aliphatic carbocycles. The summed E-state index contributed by atoms with van der Waals surface area (Å²) in [5, 5.41) is 9.49. The summed E-state index contributed by atoms with van der Waals surface area (Å²) in [7, 11) is 0. The van der Waals surface area contributed by atoms with E-state index in [1.165, 1.54) is 0 Å². The minimum Gasteiger partial charge on any atom is -0.397 e. The van der Waals surface area contributed by atoms with Gasteiger partial charge in [-0.25, -0.2) is 9.59 Å². The number of halogens is 1. The van der Waals surface area contributed by atoms with Crippen molar-refractivity contribution in [1.29, 1.82) is 0 Å². The van der Waals surface area contributed by atoms with Gasteiger partial charge in [0.05, 0.1) is 17.4 Å². The van der Waals surface area contributed by atoms with Gasteiger partial charge in [-0.15, -0.1) is 0 Å². The van der Waals surface area contributed by atoms with Crippen LogP contribution in [-0.4, -0.2) is 101 Å². The fourth-order valence-corrected chi connectivity index (χ4v) is 7.77. The highest BCUT2D eigenvalue weighted by atomic mass is 35.5. The molecule has 48 heavy (non-hydrogen) atoms. The van der Waals surface area contributed by atoms with Crippen molar-refractivity contribution in [3.63, 3.8) is 0 Å². The van der Waals surface area contributed by atoms with Gasteiger partial charge in [-0.1, -0.05) is 42.8 Å². The Hall–Kier alpha value is -4.03. The average molecular weight is 679 g/mol. The minimum atomic E-state index is -0.780. The molecule has 1 atom stereocenters. The van der Waals surface area contributed by atoms with Gasteiger partial charge in [0, 0.05) is 69.9 Å². The SMILES string of the molecule is CCc1cc(C[C@@H](NC(=O)N2CCC(N3Cc4ccccc4NC3=O)CC2)C(=O)N2CCC(N3CCCC(=O)NC3)CC2)cc(Cl)c1N. The number of amides is 6. The summed E-state index contributed by atoms with van der Waals surface area (Å²) in [5.74, 6) is -0.0276. The zero-order valence-corrected chi connectivity index (χ0v) is 28.4. The number of nitrogens with two attached hydrogens (primary N) is 1. The molecule has 6 amide bonds. The molecular formula is C35H47ClN8O4. The molecule has 0 spiro atoms. The van der Waals surface area contributed by atoms with Crippen molar-refractivity contribution in [3.8, 4) is 0 Å². The van der Waals surface area contributed by atoms with Crippen molar-refractivity contribution in [2.75, 3.05) is 50.4 Å². The number of nitrogen functional groups attached to an aromatic ring is 1. The molecule has 258 valence electrons. The number of anilines is 2. The molecule has 0 bridgehead atoms. The Balaban J connectivity index is 1.10. The quantitative estimate of drug-likeness (QED) is 0.329. The molecule has 12 nitrogen and oxygen atoms in total. The van der Waals surface area contributed by atoms with Gasteiger partial charge in [0.25, 0.3) is 0 Å². The lowest BCUT2D eigenvalue weighted by molar-refractivity contribution is -0.134. The Kier molecular flexibility index (Phi) is 10.6. The number of hydrogen-bond acceptors (Lipinski definition) is 6. The molecule has 5 N–H and O–H groups in total. The van der Waals surface area contributed by atoms with Crippen LogP contribution >= 0.6 is 11.6 Å². The molecular weight excluding hydrogens is 632 g/mol. The number of benzene rings is 2. The highest BCUT2D eigenvalue weighted by Crippen LogP contribution is 2.29. The zero-order valence-electron chi connectivity index (χ0n) is 27.7. The third-order valence-corrected chi connectivity index (χ3v) is 10.7. The number of carbonyl (C=O) groups is 4. The first kappa shape index (κ1) is 33.9. The van der Waals surface area contributed by atoms with Gasteiger partial charge in [0.15, 0.2) is 0 Å². The van der Waals surface area contributed by atoms with E-state index in [4.69, 9.17) is 17.3 Å². The summed E-state index contributed by atoms with van der Waals surface area (Å²) in [6.45, 7) is 6.07. The number of aryl methyl sites for hydroxylation is 1. The van der Waals surface area contributed by atoms with Crippen molar-refractivity contribution in [3.05, 3.63) is 58.1 Å². The van der Waals surface area contributed by atoms with E-state index in [1.807, 2.05) is 47.1 Å². The maximum Gasteiger partial charge on any atom is 0.322 e. The van der Waals surface area contributed by atoms with Crippen molar-refractivity contribution >= 4 is 46.9 Å². The fourth-order valence-electron chi connectivity index (χ4n) is 7.50. The number of carbonyl (C=O) groups excluding carboxylic acids is 4. The summed E-state index contributed by atoms with van der Waals surface area (Å²) in [6.07, 6.45) is 5.28. The van der Waals surface area contributed by atoms with Crippen LogP contribution in [0, 0.1) is 0 Å². The largest absolute Gasteiger partial charge is 0.397 e. The first-order valence-electron chi connectivity index (χ1n) is 17.3. The van der Waals surface area contributed by atoms with E-state index in [0.717, 1.165) is 48.2 Å². The van der Waals surface area contributed by atoms with Crippen LogP contribution < -0.4 is 21.7 Å². The second kappa shape index (κ2) is 15.0. The zero-order chi connectivity index (χ0) is 33.8. The second-order valence-corrected chi connectivity index (χ2v) is 13.8. The third-order valence-electron chi connectivity index (χ3n) is 10.4. The number of likely N-dealkylation sites (tertiary alicyclic amines) is 2. The summed E-state index contributed by atoms with van der Waals surface area (Å²) in [4.78, 5) is 60.4. The van der Waals surface area contributed by atoms with Crippen LogP contribution in [0.4, 0.5) is 21.0 Å². The molecule has 0 radical (unpaired) electrons. The Bertz CT molecular complexity index is 1520. The Morgan fingerprint density at radius 1 is 1.00 bits per heavy atom. The average Bonchev–Trinajstić information content (AvgIpc) is 3.33. The molecule has 2 aromatic rings. The molecule has 3 fully saturated rings. The molecule has 6 rings (SSSR count). The molecule has 3 saturated heterocycles. The lowest BCUT2D eigenvalue weighted by Gasteiger charge is -2.41. The molecule has 0 unspecified atom stereocenters. The molecule has 4 heterocycles. The fraction of sp³-hybridized carbons (Fsp3) is 0.543. The van der Waals surface area contributed by atoms with E-state index in [-0.39, 0.29) is 29.9 Å². The van der Waals surface area contributed by atoms with Gasteiger partial charge in [0.1, 0.15) is 6.04 Å². The van der Waals surface area contributed by atoms with Crippen LogP contribution in [0.25, 0.3) is 0 Å². The number of nitrogens with zero attached hydrogens (tertiary/aromatic N) is 4. The van der Waals surface area contributed by atoms with Crippen LogP contribution in [0.1, 0.15) is 62.1 Å². The van der Waals surface area contributed by atoms with E-state index in [9.17, 15) is 19.2 Å². The van der Waals surface area contributed by atoms with Crippen molar-refractivity contribution in [2.45, 2.75) is 83.0 Å². The number of rotatable bonds is 7. The lowest BCUT2D eigenvalue weighted by Crippen LogP contribution is -2.57. The van der Waals surface area contributed by atoms with E-state index >= 15 is 0 Å². The van der Waals surface area contributed by atoms with E-state index < -0.39 is 6.04 Å². The molecule has 4 aliphatic rings.